The highest BCUT2D eigenvalue weighted by Gasteiger charge is 2.30. The molecule has 1 aromatic carbocycles. The van der Waals surface area contributed by atoms with Crippen LogP contribution in [0.5, 0.6) is 0 Å². The Labute approximate surface area is 123 Å². The van der Waals surface area contributed by atoms with Crippen molar-refractivity contribution < 1.29 is 19.4 Å². The van der Waals surface area contributed by atoms with Crippen LogP contribution in [0.3, 0.4) is 0 Å². The number of hydrogen-bond acceptors (Lipinski definition) is 3. The Morgan fingerprint density at radius 3 is 2.71 bits per heavy atom. The van der Waals surface area contributed by atoms with Crippen molar-refractivity contribution in [2.75, 3.05) is 7.11 Å². The maximum atomic E-state index is 12.3. The van der Waals surface area contributed by atoms with Gasteiger partial charge in [0.2, 0.25) is 0 Å². The Morgan fingerprint density at radius 1 is 1.38 bits per heavy atom. The molecule has 0 heterocycles. The molecule has 2 rings (SSSR count). The lowest BCUT2D eigenvalue weighted by atomic mass is 9.89. The summed E-state index contributed by atoms with van der Waals surface area (Å²) in [4.78, 5) is 22.8. The maximum Gasteiger partial charge on any atom is 0.328 e. The molecule has 1 aliphatic rings. The van der Waals surface area contributed by atoms with Crippen molar-refractivity contribution in [3.63, 3.8) is 0 Å². The Kier molecular flexibility index (Phi) is 4.75. The molecule has 0 saturated heterocycles. The number of ether oxygens (including phenoxy) is 1. The predicted octanol–water partition coefficient (Wildman–Crippen LogP) is 2.00. The molecule has 2 N–H and O–H groups in total. The summed E-state index contributed by atoms with van der Waals surface area (Å²) in [7, 11) is 1.67. The first-order valence-corrected chi connectivity index (χ1v) is 6.85. The summed E-state index contributed by atoms with van der Waals surface area (Å²) < 4.78 is 5.18. The van der Waals surface area contributed by atoms with Crippen LogP contribution in [0.2, 0.25) is 0 Å². The molecule has 1 fully saturated rings. The van der Waals surface area contributed by atoms with Gasteiger partial charge in [-0.2, -0.15) is 0 Å². The first-order valence-electron chi connectivity index (χ1n) is 6.85. The average Bonchev–Trinajstić information content (AvgIpc) is 2.40. The minimum Gasteiger partial charge on any atom is -0.478 e. The third-order valence-electron chi connectivity index (χ3n) is 3.79. The molecule has 112 valence electrons. The average molecular weight is 289 g/mol. The molecule has 0 bridgehead atoms. The quantitative estimate of drug-likeness (QED) is 0.813. The number of carbonyl (C=O) groups is 2. The third kappa shape index (κ3) is 3.70. The topological polar surface area (TPSA) is 75.6 Å². The molecule has 1 aliphatic carbocycles. The van der Waals surface area contributed by atoms with E-state index in [-0.39, 0.29) is 18.1 Å². The summed E-state index contributed by atoms with van der Waals surface area (Å²) in [5.41, 5.74) is 2.08. The van der Waals surface area contributed by atoms with Gasteiger partial charge in [0, 0.05) is 24.8 Å². The number of benzene rings is 1. The van der Waals surface area contributed by atoms with Gasteiger partial charge in [0.25, 0.3) is 5.91 Å². The molecule has 0 spiro atoms. The van der Waals surface area contributed by atoms with Gasteiger partial charge in [-0.3, -0.25) is 4.79 Å². The Hall–Kier alpha value is -2.14. The summed E-state index contributed by atoms with van der Waals surface area (Å²) in [6.45, 7) is 1.81. The van der Waals surface area contributed by atoms with Crippen LogP contribution in [0.25, 0.3) is 6.08 Å². The van der Waals surface area contributed by atoms with Gasteiger partial charge in [0.15, 0.2) is 0 Å². The number of nitrogens with one attached hydrogen (secondary N) is 1. The van der Waals surface area contributed by atoms with Crippen molar-refractivity contribution in [2.24, 2.45) is 0 Å². The number of aliphatic carboxylic acids is 1. The van der Waals surface area contributed by atoms with Crippen LogP contribution in [0.4, 0.5) is 0 Å². The second-order valence-electron chi connectivity index (χ2n) is 5.19. The van der Waals surface area contributed by atoms with Crippen LogP contribution in [-0.4, -0.2) is 36.2 Å². The fourth-order valence-corrected chi connectivity index (χ4v) is 2.38. The lowest BCUT2D eigenvalue weighted by Gasteiger charge is -2.34. The molecule has 1 amide bonds. The predicted molar refractivity (Wildman–Crippen MR) is 79.1 cm³/mol. The van der Waals surface area contributed by atoms with E-state index in [0.717, 1.165) is 30.0 Å². The maximum absolute atomic E-state index is 12.3. The highest BCUT2D eigenvalue weighted by molar-refractivity contribution is 5.97. The molecular formula is C16H19NO4. The molecular weight excluding hydrogens is 270 g/mol. The molecule has 0 aromatic heterocycles. The SMILES string of the molecule is COC1CC(NC(=O)c2cccc(/C=C/C(=O)O)c2C)C1. The molecule has 0 aliphatic heterocycles. The highest BCUT2D eigenvalue weighted by Crippen LogP contribution is 2.23. The normalized spacial score (nSPS) is 21.0. The summed E-state index contributed by atoms with van der Waals surface area (Å²) >= 11 is 0. The molecule has 1 aromatic rings. The van der Waals surface area contributed by atoms with E-state index < -0.39 is 5.97 Å². The number of rotatable bonds is 5. The van der Waals surface area contributed by atoms with E-state index in [2.05, 4.69) is 5.32 Å². The van der Waals surface area contributed by atoms with Gasteiger partial charge in [-0.1, -0.05) is 12.1 Å². The number of methoxy groups -OCH3 is 1. The van der Waals surface area contributed by atoms with Crippen molar-refractivity contribution in [3.05, 3.63) is 41.0 Å². The van der Waals surface area contributed by atoms with Crippen molar-refractivity contribution in [1.82, 2.24) is 5.32 Å². The fraction of sp³-hybridized carbons (Fsp3) is 0.375. The number of hydrogen-bond donors (Lipinski definition) is 2. The molecule has 5 heteroatoms. The Morgan fingerprint density at radius 2 is 2.10 bits per heavy atom. The van der Waals surface area contributed by atoms with Gasteiger partial charge in [0.05, 0.1) is 6.10 Å². The number of carboxylic acid groups (broad SMARTS) is 1. The van der Waals surface area contributed by atoms with Gasteiger partial charge in [-0.15, -0.1) is 0 Å². The summed E-state index contributed by atoms with van der Waals surface area (Å²) in [6, 6.07) is 5.44. The van der Waals surface area contributed by atoms with E-state index in [1.54, 1.807) is 25.3 Å². The van der Waals surface area contributed by atoms with E-state index in [1.807, 2.05) is 6.92 Å². The monoisotopic (exact) mass is 289 g/mol. The highest BCUT2D eigenvalue weighted by atomic mass is 16.5. The van der Waals surface area contributed by atoms with Crippen molar-refractivity contribution >= 4 is 18.0 Å². The molecule has 5 nitrogen and oxygen atoms in total. The molecule has 0 radical (unpaired) electrons. The Bertz CT molecular complexity index is 574. The molecule has 1 saturated carbocycles. The standard InChI is InChI=1S/C16H19NO4/c1-10-11(6-7-15(18)19)4-3-5-14(10)16(20)17-12-8-13(9-12)21-2/h3-7,12-13H,8-9H2,1-2H3,(H,17,20)(H,18,19)/b7-6+. The summed E-state index contributed by atoms with van der Waals surface area (Å²) in [6.07, 6.45) is 4.47. The molecule has 0 unspecified atom stereocenters. The van der Waals surface area contributed by atoms with Crippen LogP contribution < -0.4 is 5.32 Å². The van der Waals surface area contributed by atoms with Crippen molar-refractivity contribution in [1.29, 1.82) is 0 Å². The number of carboxylic acids is 1. The largest absolute Gasteiger partial charge is 0.478 e. The Balaban J connectivity index is 2.07. The van der Waals surface area contributed by atoms with Gasteiger partial charge in [-0.25, -0.2) is 4.79 Å². The van der Waals surface area contributed by atoms with E-state index >= 15 is 0 Å². The van der Waals surface area contributed by atoms with Gasteiger partial charge < -0.3 is 15.2 Å². The van der Waals surface area contributed by atoms with E-state index in [4.69, 9.17) is 9.84 Å². The van der Waals surface area contributed by atoms with Gasteiger partial charge in [-0.05, 0) is 43.0 Å². The third-order valence-corrected chi connectivity index (χ3v) is 3.79. The van der Waals surface area contributed by atoms with Gasteiger partial charge in [0.1, 0.15) is 0 Å². The molecule has 0 atom stereocenters. The van der Waals surface area contributed by atoms with Crippen LogP contribution in [-0.2, 0) is 9.53 Å². The zero-order chi connectivity index (χ0) is 15.4. The van der Waals surface area contributed by atoms with Gasteiger partial charge >= 0.3 is 5.97 Å². The first-order chi connectivity index (χ1) is 10.0. The van der Waals surface area contributed by atoms with Crippen LogP contribution in [0.15, 0.2) is 24.3 Å². The van der Waals surface area contributed by atoms with Crippen LogP contribution >= 0.6 is 0 Å². The second-order valence-corrected chi connectivity index (χ2v) is 5.19. The second kappa shape index (κ2) is 6.54. The number of amides is 1. The zero-order valence-electron chi connectivity index (χ0n) is 12.1. The minimum atomic E-state index is -1.01. The van der Waals surface area contributed by atoms with Crippen LogP contribution in [0, 0.1) is 6.92 Å². The molecule has 21 heavy (non-hydrogen) atoms. The smallest absolute Gasteiger partial charge is 0.328 e. The van der Waals surface area contributed by atoms with E-state index in [9.17, 15) is 9.59 Å². The van der Waals surface area contributed by atoms with Crippen molar-refractivity contribution in [3.8, 4) is 0 Å². The summed E-state index contributed by atoms with van der Waals surface area (Å²) in [5, 5.41) is 11.6. The fourth-order valence-electron chi connectivity index (χ4n) is 2.38. The van der Waals surface area contributed by atoms with Crippen molar-refractivity contribution in [2.45, 2.75) is 31.9 Å². The van der Waals surface area contributed by atoms with E-state index in [0.29, 0.717) is 5.56 Å². The van der Waals surface area contributed by atoms with Crippen LogP contribution in [0.1, 0.15) is 34.3 Å². The lowest BCUT2D eigenvalue weighted by molar-refractivity contribution is -0.131. The minimum absolute atomic E-state index is 0.127. The number of carbonyl (C=O) groups excluding carboxylic acids is 1. The lowest BCUT2D eigenvalue weighted by Crippen LogP contribution is -2.47. The van der Waals surface area contributed by atoms with E-state index in [1.165, 1.54) is 6.08 Å². The summed E-state index contributed by atoms with van der Waals surface area (Å²) in [5.74, 6) is -1.14. The first kappa shape index (κ1) is 15.3. The zero-order valence-corrected chi connectivity index (χ0v) is 12.1.